The highest BCUT2D eigenvalue weighted by atomic mass is 35.5. The molecule has 0 aliphatic heterocycles. The third-order valence-corrected chi connectivity index (χ3v) is 2.33. The normalized spacial score (nSPS) is 11.0. The lowest BCUT2D eigenvalue weighted by Gasteiger charge is -1.98. The van der Waals surface area contributed by atoms with Crippen LogP contribution in [0.2, 0.25) is 10.4 Å². The Labute approximate surface area is 85.3 Å². The van der Waals surface area contributed by atoms with Gasteiger partial charge in [0.25, 0.3) is 0 Å². The van der Waals surface area contributed by atoms with Crippen LogP contribution in [-0.4, -0.2) is 14.6 Å². The van der Waals surface area contributed by atoms with E-state index in [0.29, 0.717) is 5.15 Å². The van der Waals surface area contributed by atoms with Crippen molar-refractivity contribution >= 4 is 28.7 Å². The smallest absolute Gasteiger partial charge is 0.235 e. The van der Waals surface area contributed by atoms with E-state index in [1.54, 1.807) is 4.52 Å². The predicted molar refractivity (Wildman–Crippen MR) is 52.4 cm³/mol. The third kappa shape index (κ3) is 1.38. The molecule has 0 unspecified atom stereocenters. The highest BCUT2D eigenvalue weighted by Crippen LogP contribution is 2.21. The quantitative estimate of drug-likeness (QED) is 0.733. The first-order valence-electron chi connectivity index (χ1n) is 3.91. The van der Waals surface area contributed by atoms with Crippen LogP contribution in [0.4, 0.5) is 0 Å². The Kier molecular flexibility index (Phi) is 2.14. The average Bonchev–Trinajstić information content (AvgIpc) is 2.47. The van der Waals surface area contributed by atoms with E-state index in [-0.39, 0.29) is 5.28 Å². The Morgan fingerprint density at radius 3 is 2.92 bits per heavy atom. The van der Waals surface area contributed by atoms with Crippen LogP contribution in [0.3, 0.4) is 0 Å². The number of hydrogen-bond donors (Lipinski definition) is 0. The molecule has 68 valence electrons. The molecule has 0 amide bonds. The lowest BCUT2D eigenvalue weighted by atomic mass is 10.2. The summed E-state index contributed by atoms with van der Waals surface area (Å²) in [6.07, 6.45) is 2.73. The molecule has 0 atom stereocenters. The summed E-state index contributed by atoms with van der Waals surface area (Å²) in [4.78, 5) is 3.88. The van der Waals surface area contributed by atoms with Gasteiger partial charge in [0.05, 0.1) is 0 Å². The first kappa shape index (κ1) is 8.78. The van der Waals surface area contributed by atoms with E-state index < -0.39 is 0 Å². The van der Waals surface area contributed by atoms with E-state index in [2.05, 4.69) is 17.0 Å². The van der Waals surface area contributed by atoms with E-state index in [1.807, 2.05) is 12.3 Å². The van der Waals surface area contributed by atoms with Crippen molar-refractivity contribution in [3.05, 3.63) is 28.3 Å². The maximum absolute atomic E-state index is 5.93. The molecule has 3 nitrogen and oxygen atoms in total. The van der Waals surface area contributed by atoms with Gasteiger partial charge in [0.2, 0.25) is 5.28 Å². The summed E-state index contributed by atoms with van der Waals surface area (Å²) in [5, 5.41) is 4.56. The number of halogens is 2. The van der Waals surface area contributed by atoms with Crippen molar-refractivity contribution in [1.29, 1.82) is 0 Å². The summed E-state index contributed by atoms with van der Waals surface area (Å²) >= 11 is 11.6. The fourth-order valence-electron chi connectivity index (χ4n) is 1.30. The van der Waals surface area contributed by atoms with E-state index in [0.717, 1.165) is 17.5 Å². The molecule has 0 spiro atoms. The number of fused-ring (bicyclic) bond motifs is 1. The lowest BCUT2D eigenvalue weighted by Crippen LogP contribution is -1.95. The van der Waals surface area contributed by atoms with Crippen molar-refractivity contribution in [2.45, 2.75) is 13.3 Å². The van der Waals surface area contributed by atoms with Crippen LogP contribution >= 0.6 is 23.2 Å². The molecule has 2 heterocycles. The SMILES string of the molecule is CCc1ccn2nc(Cl)nc(Cl)c12. The zero-order valence-electron chi connectivity index (χ0n) is 6.96. The largest absolute Gasteiger partial charge is 0.242 e. The summed E-state index contributed by atoms with van der Waals surface area (Å²) in [6, 6.07) is 1.96. The van der Waals surface area contributed by atoms with Crippen molar-refractivity contribution in [3.63, 3.8) is 0 Å². The molecule has 0 aliphatic carbocycles. The van der Waals surface area contributed by atoms with Crippen molar-refractivity contribution in [2.24, 2.45) is 0 Å². The van der Waals surface area contributed by atoms with Crippen LogP contribution in [0.15, 0.2) is 12.3 Å². The third-order valence-electron chi connectivity index (χ3n) is 1.91. The zero-order valence-corrected chi connectivity index (χ0v) is 8.47. The summed E-state index contributed by atoms with van der Waals surface area (Å²) in [5.41, 5.74) is 1.97. The van der Waals surface area contributed by atoms with Gasteiger partial charge in [-0.25, -0.2) is 9.50 Å². The maximum Gasteiger partial charge on any atom is 0.242 e. The molecule has 0 bridgehead atoms. The van der Waals surface area contributed by atoms with Gasteiger partial charge >= 0.3 is 0 Å². The molecular weight excluding hydrogens is 209 g/mol. The van der Waals surface area contributed by atoms with Gasteiger partial charge in [0.1, 0.15) is 5.52 Å². The van der Waals surface area contributed by atoms with Crippen LogP contribution in [-0.2, 0) is 6.42 Å². The highest BCUT2D eigenvalue weighted by molar-refractivity contribution is 6.34. The summed E-state index contributed by atoms with van der Waals surface area (Å²) < 4.78 is 1.65. The molecule has 0 aromatic carbocycles. The van der Waals surface area contributed by atoms with Crippen molar-refractivity contribution in [3.8, 4) is 0 Å². The van der Waals surface area contributed by atoms with Crippen LogP contribution in [0, 0.1) is 0 Å². The highest BCUT2D eigenvalue weighted by Gasteiger charge is 2.08. The van der Waals surface area contributed by atoms with Gasteiger partial charge in [0, 0.05) is 6.20 Å². The van der Waals surface area contributed by atoms with Crippen molar-refractivity contribution in [1.82, 2.24) is 14.6 Å². The number of nitrogens with zero attached hydrogens (tertiary/aromatic N) is 3. The van der Waals surface area contributed by atoms with Crippen LogP contribution in [0.1, 0.15) is 12.5 Å². The average molecular weight is 216 g/mol. The van der Waals surface area contributed by atoms with Crippen LogP contribution < -0.4 is 0 Å². The fourth-order valence-corrected chi connectivity index (χ4v) is 1.80. The Hall–Kier alpha value is -0.800. The molecular formula is C8H7Cl2N3. The molecule has 13 heavy (non-hydrogen) atoms. The van der Waals surface area contributed by atoms with Crippen molar-refractivity contribution in [2.75, 3.05) is 0 Å². The monoisotopic (exact) mass is 215 g/mol. The summed E-state index contributed by atoms with van der Waals surface area (Å²) in [7, 11) is 0. The Bertz CT molecular complexity index is 450. The fraction of sp³-hybridized carbons (Fsp3) is 0.250. The number of rotatable bonds is 1. The molecule has 0 N–H and O–H groups in total. The van der Waals surface area contributed by atoms with E-state index in [4.69, 9.17) is 23.2 Å². The maximum atomic E-state index is 5.93. The molecule has 5 heteroatoms. The minimum absolute atomic E-state index is 0.163. The molecule has 2 rings (SSSR count). The first-order valence-corrected chi connectivity index (χ1v) is 4.67. The van der Waals surface area contributed by atoms with E-state index in [1.165, 1.54) is 0 Å². The standard InChI is InChI=1S/C8H7Cl2N3/c1-2-5-3-4-13-6(5)7(9)11-8(10)12-13/h3-4H,2H2,1H3. The van der Waals surface area contributed by atoms with E-state index >= 15 is 0 Å². The molecule has 0 saturated carbocycles. The molecule has 0 fully saturated rings. The van der Waals surface area contributed by atoms with Gasteiger partial charge in [0.15, 0.2) is 5.15 Å². The topological polar surface area (TPSA) is 30.2 Å². The number of hydrogen-bond acceptors (Lipinski definition) is 2. The van der Waals surface area contributed by atoms with Gasteiger partial charge in [-0.1, -0.05) is 18.5 Å². The second-order valence-electron chi connectivity index (χ2n) is 2.66. The zero-order chi connectivity index (χ0) is 9.42. The number of aromatic nitrogens is 3. The molecule has 0 aliphatic rings. The van der Waals surface area contributed by atoms with Crippen LogP contribution in [0.5, 0.6) is 0 Å². The minimum atomic E-state index is 0.163. The van der Waals surface area contributed by atoms with Gasteiger partial charge in [-0.2, -0.15) is 0 Å². The van der Waals surface area contributed by atoms with Gasteiger partial charge in [-0.05, 0) is 29.7 Å². The van der Waals surface area contributed by atoms with Gasteiger partial charge in [-0.15, -0.1) is 5.10 Å². The number of aryl methyl sites for hydroxylation is 1. The first-order chi connectivity index (χ1) is 6.22. The molecule has 0 radical (unpaired) electrons. The second-order valence-corrected chi connectivity index (χ2v) is 3.36. The lowest BCUT2D eigenvalue weighted by molar-refractivity contribution is 0.901. The predicted octanol–water partition coefficient (Wildman–Crippen LogP) is 2.60. The van der Waals surface area contributed by atoms with Gasteiger partial charge in [-0.3, -0.25) is 0 Å². The van der Waals surface area contributed by atoms with E-state index in [9.17, 15) is 0 Å². The molecule has 2 aromatic heterocycles. The second kappa shape index (κ2) is 3.16. The van der Waals surface area contributed by atoms with Crippen molar-refractivity contribution < 1.29 is 0 Å². The molecule has 2 aromatic rings. The summed E-state index contributed by atoms with van der Waals surface area (Å²) in [5.74, 6) is 0. The Morgan fingerprint density at radius 2 is 2.23 bits per heavy atom. The Morgan fingerprint density at radius 1 is 1.46 bits per heavy atom. The molecule has 0 saturated heterocycles. The van der Waals surface area contributed by atoms with Crippen LogP contribution in [0.25, 0.3) is 5.52 Å². The Balaban J connectivity index is 2.82. The minimum Gasteiger partial charge on any atom is -0.235 e. The summed E-state index contributed by atoms with van der Waals surface area (Å²) in [6.45, 7) is 2.06. The van der Waals surface area contributed by atoms with Gasteiger partial charge < -0.3 is 0 Å².